The van der Waals surface area contributed by atoms with Crippen molar-refractivity contribution in [2.75, 3.05) is 6.61 Å². The normalized spacial score (nSPS) is 12.0. The number of aliphatic hydroxyl groups excluding tert-OH is 1. The molecule has 2 rings (SSSR count). The molecule has 0 saturated carbocycles. The summed E-state index contributed by atoms with van der Waals surface area (Å²) in [6, 6.07) is 7.69. The van der Waals surface area contributed by atoms with E-state index in [9.17, 15) is 4.79 Å². The Morgan fingerprint density at radius 3 is 2.64 bits per heavy atom. The lowest BCUT2D eigenvalue weighted by Gasteiger charge is -2.22. The highest BCUT2D eigenvalue weighted by Crippen LogP contribution is 2.28. The molecule has 25 heavy (non-hydrogen) atoms. The van der Waals surface area contributed by atoms with Crippen LogP contribution in [0, 0.1) is 11.8 Å². The second kappa shape index (κ2) is 8.15. The summed E-state index contributed by atoms with van der Waals surface area (Å²) in [6.07, 6.45) is -0.437. The Morgan fingerprint density at radius 2 is 2.04 bits per heavy atom. The van der Waals surface area contributed by atoms with Crippen LogP contribution in [0.2, 0.25) is 0 Å². The quantitative estimate of drug-likeness (QED) is 0.820. The lowest BCUT2D eigenvalue weighted by molar-refractivity contribution is 0.0508. The van der Waals surface area contributed by atoms with E-state index in [0.29, 0.717) is 5.69 Å². The molecule has 0 fully saturated rings. The van der Waals surface area contributed by atoms with E-state index in [0.717, 1.165) is 16.0 Å². The van der Waals surface area contributed by atoms with Crippen LogP contribution in [0.5, 0.6) is 0 Å². The van der Waals surface area contributed by atoms with Crippen LogP contribution in [0.25, 0.3) is 10.4 Å². The molecule has 0 aliphatic heterocycles. The maximum atomic E-state index is 11.9. The van der Waals surface area contributed by atoms with Crippen molar-refractivity contribution in [3.05, 3.63) is 41.0 Å². The molecule has 0 bridgehead atoms. The van der Waals surface area contributed by atoms with Crippen molar-refractivity contribution >= 4 is 17.4 Å². The number of carbonyl (C=O) groups is 1. The molecule has 0 unspecified atom stereocenters. The molecule has 0 saturated heterocycles. The average Bonchev–Trinajstić information content (AvgIpc) is 2.99. The molecule has 0 aliphatic rings. The topological polar surface area (TPSA) is 71.5 Å². The van der Waals surface area contributed by atoms with Crippen LogP contribution in [0.3, 0.4) is 0 Å². The van der Waals surface area contributed by atoms with Crippen molar-refractivity contribution in [3.63, 3.8) is 0 Å². The van der Waals surface area contributed by atoms with Crippen molar-refractivity contribution in [1.82, 2.24) is 10.3 Å². The van der Waals surface area contributed by atoms with Crippen molar-refractivity contribution in [2.24, 2.45) is 0 Å². The first-order chi connectivity index (χ1) is 11.8. The van der Waals surface area contributed by atoms with Gasteiger partial charge < -0.3 is 15.2 Å². The highest BCUT2D eigenvalue weighted by atomic mass is 32.1. The third-order valence-electron chi connectivity index (χ3n) is 3.26. The number of aromatic nitrogens is 1. The van der Waals surface area contributed by atoms with Gasteiger partial charge in [-0.3, -0.25) is 0 Å². The summed E-state index contributed by atoms with van der Waals surface area (Å²) in [6.45, 7) is 7.21. The number of amides is 1. The van der Waals surface area contributed by atoms with Crippen LogP contribution < -0.4 is 5.32 Å². The third kappa shape index (κ3) is 5.59. The number of aliphatic hydroxyl groups is 1. The Balaban J connectivity index is 2.10. The first-order valence-electron chi connectivity index (χ1n) is 7.93. The molecule has 5 nitrogen and oxygen atoms in total. The number of hydrogen-bond donors (Lipinski definition) is 2. The first-order valence-corrected chi connectivity index (χ1v) is 8.81. The van der Waals surface area contributed by atoms with E-state index in [1.807, 2.05) is 52.0 Å². The average molecular weight is 358 g/mol. The Morgan fingerprint density at radius 1 is 1.36 bits per heavy atom. The van der Waals surface area contributed by atoms with Crippen LogP contribution in [0.4, 0.5) is 4.79 Å². The van der Waals surface area contributed by atoms with Gasteiger partial charge in [0.05, 0.1) is 16.4 Å². The number of nitrogens with one attached hydrogen (secondary N) is 1. The van der Waals surface area contributed by atoms with Crippen LogP contribution in [0.1, 0.15) is 45.0 Å². The molecule has 0 aliphatic carbocycles. The zero-order valence-corrected chi connectivity index (χ0v) is 15.6. The van der Waals surface area contributed by atoms with E-state index < -0.39 is 11.7 Å². The molecule has 6 heteroatoms. The summed E-state index contributed by atoms with van der Waals surface area (Å²) in [5, 5.41) is 11.6. The predicted octanol–water partition coefficient (Wildman–Crippen LogP) is 3.74. The van der Waals surface area contributed by atoms with E-state index >= 15 is 0 Å². The van der Waals surface area contributed by atoms with Crippen LogP contribution in [0.15, 0.2) is 29.8 Å². The number of carbonyl (C=O) groups excluding carboxylic acids is 1. The smallest absolute Gasteiger partial charge is 0.408 e. The second-order valence-electron chi connectivity index (χ2n) is 6.48. The largest absolute Gasteiger partial charge is 0.444 e. The molecule has 1 amide bonds. The molecule has 132 valence electrons. The molecule has 1 aromatic carbocycles. The summed E-state index contributed by atoms with van der Waals surface area (Å²) in [5.74, 6) is 5.47. The SMILES string of the molecule is C[C@H](NC(=O)OC(C)(C)C)c1ccc(-c2scnc2C#CCO)cc1. The van der Waals surface area contributed by atoms with Crippen molar-refractivity contribution in [2.45, 2.75) is 39.3 Å². The molecule has 0 radical (unpaired) electrons. The van der Waals surface area contributed by atoms with Gasteiger partial charge >= 0.3 is 6.09 Å². The molecule has 1 heterocycles. The van der Waals surface area contributed by atoms with Gasteiger partial charge in [0, 0.05) is 0 Å². The van der Waals surface area contributed by atoms with Gasteiger partial charge in [0.1, 0.15) is 17.9 Å². The van der Waals surface area contributed by atoms with Gasteiger partial charge in [-0.05, 0) is 44.7 Å². The van der Waals surface area contributed by atoms with Gasteiger partial charge in [-0.25, -0.2) is 9.78 Å². The third-order valence-corrected chi connectivity index (χ3v) is 4.13. The van der Waals surface area contributed by atoms with E-state index in [4.69, 9.17) is 9.84 Å². The molecule has 2 aromatic rings. The van der Waals surface area contributed by atoms with E-state index in [2.05, 4.69) is 22.1 Å². The summed E-state index contributed by atoms with van der Waals surface area (Å²) in [5.41, 5.74) is 3.84. The molecular weight excluding hydrogens is 336 g/mol. The number of nitrogens with zero attached hydrogens (tertiary/aromatic N) is 1. The fourth-order valence-corrected chi connectivity index (χ4v) is 2.91. The van der Waals surface area contributed by atoms with Crippen molar-refractivity contribution in [3.8, 4) is 22.3 Å². The highest BCUT2D eigenvalue weighted by molar-refractivity contribution is 7.13. The number of alkyl carbamates (subject to hydrolysis) is 1. The fourth-order valence-electron chi connectivity index (χ4n) is 2.15. The minimum Gasteiger partial charge on any atom is -0.444 e. The zero-order chi connectivity index (χ0) is 18.4. The number of benzene rings is 1. The summed E-state index contributed by atoms with van der Waals surface area (Å²) in [7, 11) is 0. The molecule has 1 aromatic heterocycles. The fraction of sp³-hybridized carbons (Fsp3) is 0.368. The number of thiazole rings is 1. The number of hydrogen-bond acceptors (Lipinski definition) is 5. The monoisotopic (exact) mass is 358 g/mol. The lowest BCUT2D eigenvalue weighted by atomic mass is 10.0. The molecule has 1 atom stereocenters. The van der Waals surface area contributed by atoms with Crippen LogP contribution in [-0.4, -0.2) is 28.4 Å². The van der Waals surface area contributed by atoms with Crippen molar-refractivity contribution < 1.29 is 14.6 Å². The zero-order valence-electron chi connectivity index (χ0n) is 14.8. The Labute approximate surface area is 152 Å². The summed E-state index contributed by atoms with van der Waals surface area (Å²) >= 11 is 1.50. The van der Waals surface area contributed by atoms with Gasteiger partial charge in [0.2, 0.25) is 0 Å². The first kappa shape index (κ1) is 19.0. The van der Waals surface area contributed by atoms with Gasteiger partial charge in [0.15, 0.2) is 0 Å². The van der Waals surface area contributed by atoms with Gasteiger partial charge in [-0.2, -0.15) is 0 Å². The van der Waals surface area contributed by atoms with Gasteiger partial charge in [-0.15, -0.1) is 11.3 Å². The minimum absolute atomic E-state index is 0.168. The van der Waals surface area contributed by atoms with Crippen LogP contribution in [-0.2, 0) is 4.74 Å². The highest BCUT2D eigenvalue weighted by Gasteiger charge is 2.18. The molecule has 0 spiro atoms. The summed E-state index contributed by atoms with van der Waals surface area (Å²) in [4.78, 5) is 17.0. The van der Waals surface area contributed by atoms with Gasteiger partial charge in [0.25, 0.3) is 0 Å². The summed E-state index contributed by atoms with van der Waals surface area (Å²) < 4.78 is 5.27. The Bertz CT molecular complexity index is 779. The predicted molar refractivity (Wildman–Crippen MR) is 99.3 cm³/mol. The van der Waals surface area contributed by atoms with E-state index in [1.165, 1.54) is 11.3 Å². The Hall–Kier alpha value is -2.36. The van der Waals surface area contributed by atoms with Crippen LogP contribution >= 0.6 is 11.3 Å². The standard InChI is InChI=1S/C19H22N2O3S/c1-13(21-18(23)24-19(2,3)4)14-7-9-15(10-8-14)17-16(6-5-11-22)20-12-25-17/h7-10,12-13,22H,11H2,1-4H3,(H,21,23)/t13-/m0/s1. The maximum absolute atomic E-state index is 11.9. The Kier molecular flexibility index (Phi) is 6.18. The second-order valence-corrected chi connectivity index (χ2v) is 7.33. The molecule has 2 N–H and O–H groups in total. The molecular formula is C19H22N2O3S. The van der Waals surface area contributed by atoms with Gasteiger partial charge in [-0.1, -0.05) is 30.2 Å². The van der Waals surface area contributed by atoms with E-state index in [1.54, 1.807) is 5.51 Å². The maximum Gasteiger partial charge on any atom is 0.408 e. The van der Waals surface area contributed by atoms with E-state index in [-0.39, 0.29) is 12.6 Å². The van der Waals surface area contributed by atoms with Crippen molar-refractivity contribution in [1.29, 1.82) is 0 Å². The lowest BCUT2D eigenvalue weighted by Crippen LogP contribution is -2.34. The minimum atomic E-state index is -0.522. The number of ether oxygens (including phenoxy) is 1. The number of rotatable bonds is 3.